The second kappa shape index (κ2) is 19.9. The highest BCUT2D eigenvalue weighted by molar-refractivity contribution is 5.94. The Hall–Kier alpha value is -5.58. The molecular weight excluding hydrogens is 789 g/mol. The number of anilines is 2. The number of nitro benzene ring substituents is 2. The van der Waals surface area contributed by atoms with Gasteiger partial charge in [-0.15, -0.1) is 0 Å². The Labute approximate surface area is 353 Å². The molecule has 2 aliphatic heterocycles. The lowest BCUT2D eigenvalue weighted by Gasteiger charge is -2.33. The number of hydrogen-bond donors (Lipinski definition) is 1. The van der Waals surface area contributed by atoms with E-state index in [0.29, 0.717) is 56.1 Å². The van der Waals surface area contributed by atoms with Crippen molar-refractivity contribution in [2.24, 2.45) is 0 Å². The van der Waals surface area contributed by atoms with Crippen LogP contribution in [0.3, 0.4) is 0 Å². The van der Waals surface area contributed by atoms with Crippen LogP contribution in [-0.2, 0) is 13.1 Å². The third-order valence-electron chi connectivity index (χ3n) is 12.0. The normalized spacial score (nSPS) is 19.1. The number of aromatic hydroxyl groups is 1. The number of fused-ring (bicyclic) bond motifs is 2. The highest BCUT2D eigenvalue weighted by Crippen LogP contribution is 2.33. The maximum atomic E-state index is 11.8. The van der Waals surface area contributed by atoms with Crippen LogP contribution in [0.5, 0.6) is 5.75 Å². The molecule has 0 saturated carbocycles. The smallest absolute Gasteiger partial charge is 0.300 e. The first-order valence-corrected chi connectivity index (χ1v) is 20.7. The molecule has 0 atom stereocenters. The minimum Gasteiger partial charge on any atom is -0.507 e. The predicted molar refractivity (Wildman–Crippen MR) is 230 cm³/mol. The van der Waals surface area contributed by atoms with E-state index in [-0.39, 0.29) is 22.4 Å². The Morgan fingerprint density at radius 1 is 0.508 bits per heavy atom. The molecule has 7 rings (SSSR count). The van der Waals surface area contributed by atoms with Gasteiger partial charge < -0.3 is 34.5 Å². The molecule has 0 unspecified atom stereocenters. The van der Waals surface area contributed by atoms with Gasteiger partial charge in [-0.1, -0.05) is 18.2 Å². The zero-order valence-electron chi connectivity index (χ0n) is 35.4. The van der Waals surface area contributed by atoms with Gasteiger partial charge in [0.2, 0.25) is 11.0 Å². The molecule has 0 spiro atoms. The average molecular weight is 845 g/mol. The summed E-state index contributed by atoms with van der Waals surface area (Å²) < 4.78 is 9.89. The molecule has 2 aromatic heterocycles. The number of hydrogen-bond acceptors (Lipinski definition) is 19. The number of phenolic OH excluding ortho intramolecular Hbond substituents is 1. The molecular formula is C40H56N14O7. The molecule has 2 fully saturated rings. The topological polar surface area (TPSA) is 210 Å². The lowest BCUT2D eigenvalue weighted by molar-refractivity contribution is -0.383. The zero-order chi connectivity index (χ0) is 43.0. The summed E-state index contributed by atoms with van der Waals surface area (Å²) >= 11 is 0. The Balaban J connectivity index is 0.967. The van der Waals surface area contributed by atoms with Gasteiger partial charge in [0.15, 0.2) is 11.0 Å². The van der Waals surface area contributed by atoms with Crippen molar-refractivity contribution in [1.29, 1.82) is 0 Å². The van der Waals surface area contributed by atoms with Crippen molar-refractivity contribution < 1.29 is 24.2 Å². The van der Waals surface area contributed by atoms with Crippen molar-refractivity contribution in [3.63, 3.8) is 0 Å². The number of likely N-dealkylation sites (N-methyl/N-ethyl adjacent to an activating group) is 4. The van der Waals surface area contributed by atoms with Gasteiger partial charge in [0.25, 0.3) is 0 Å². The van der Waals surface area contributed by atoms with E-state index in [9.17, 15) is 25.3 Å². The summed E-state index contributed by atoms with van der Waals surface area (Å²) in [7, 11) is 8.41. The van der Waals surface area contributed by atoms with E-state index in [1.165, 1.54) is 12.1 Å². The molecule has 2 aliphatic rings. The van der Waals surface area contributed by atoms with Gasteiger partial charge >= 0.3 is 11.4 Å². The zero-order valence-corrected chi connectivity index (χ0v) is 35.4. The van der Waals surface area contributed by atoms with E-state index in [2.05, 4.69) is 94.1 Å². The maximum Gasteiger partial charge on any atom is 0.300 e. The lowest BCUT2D eigenvalue weighted by Crippen LogP contribution is -2.44. The summed E-state index contributed by atoms with van der Waals surface area (Å²) in [6.45, 7) is 13.6. The summed E-state index contributed by atoms with van der Waals surface area (Å²) in [6, 6.07) is 12.5. The average Bonchev–Trinajstić information content (AvgIpc) is 3.94. The van der Waals surface area contributed by atoms with Crippen LogP contribution in [0, 0.1) is 20.2 Å². The predicted octanol–water partition coefficient (Wildman–Crippen LogP) is 2.65. The summed E-state index contributed by atoms with van der Waals surface area (Å²) in [5, 5.41) is 50.7. The minimum atomic E-state index is -0.465. The molecule has 0 radical (unpaired) electrons. The van der Waals surface area contributed by atoms with Gasteiger partial charge in [-0.2, -0.15) is 0 Å². The van der Waals surface area contributed by atoms with E-state index >= 15 is 0 Å². The molecule has 0 bridgehead atoms. The van der Waals surface area contributed by atoms with Crippen LogP contribution >= 0.6 is 0 Å². The first kappa shape index (κ1) is 43.5. The molecule has 2 saturated heterocycles. The van der Waals surface area contributed by atoms with E-state index < -0.39 is 9.85 Å². The van der Waals surface area contributed by atoms with Crippen LogP contribution in [-0.4, -0.2) is 198 Å². The van der Waals surface area contributed by atoms with Crippen LogP contribution in [0.25, 0.3) is 22.1 Å². The first-order chi connectivity index (χ1) is 29.4. The van der Waals surface area contributed by atoms with Crippen LogP contribution in [0.4, 0.5) is 22.7 Å². The second-order valence-corrected chi connectivity index (χ2v) is 16.3. The Kier molecular flexibility index (Phi) is 14.2. The third kappa shape index (κ3) is 10.7. The molecule has 61 heavy (non-hydrogen) atoms. The van der Waals surface area contributed by atoms with Gasteiger partial charge in [0.1, 0.15) is 5.75 Å². The summed E-state index contributed by atoms with van der Waals surface area (Å²) in [5.41, 5.74) is 4.21. The highest BCUT2D eigenvalue weighted by atomic mass is 16.6. The Bertz CT molecular complexity index is 2080. The van der Waals surface area contributed by atoms with Gasteiger partial charge in [0.05, 0.1) is 21.2 Å². The number of rotatable bonds is 8. The van der Waals surface area contributed by atoms with Crippen molar-refractivity contribution in [2.45, 2.75) is 13.1 Å². The van der Waals surface area contributed by atoms with Crippen LogP contribution in [0.1, 0.15) is 11.1 Å². The summed E-state index contributed by atoms with van der Waals surface area (Å²) in [4.78, 5) is 40.6. The maximum absolute atomic E-state index is 11.8. The Morgan fingerprint density at radius 2 is 0.836 bits per heavy atom. The van der Waals surface area contributed by atoms with E-state index in [1.54, 1.807) is 12.1 Å². The fourth-order valence-corrected chi connectivity index (χ4v) is 7.97. The van der Waals surface area contributed by atoms with Gasteiger partial charge in [-0.3, -0.25) is 30.0 Å². The molecule has 1 N–H and O–H groups in total. The molecule has 0 aliphatic carbocycles. The second-order valence-electron chi connectivity index (χ2n) is 16.3. The largest absolute Gasteiger partial charge is 0.507 e. The number of nitrogens with zero attached hydrogens (tertiary/aromatic N) is 14. The SMILES string of the molecule is CN1CCN(Cc2cccc(CN3CCN(C)CCN(c4ccc([N+](=O)[O-])c5nonc45)CCN(C)CC3)c2O)CCN(C)CCN(c2ccc([N+](=O)[O-])c3nonc23)CC1. The number of nitro groups is 2. The van der Waals surface area contributed by atoms with Crippen LogP contribution in [0.2, 0.25) is 0 Å². The van der Waals surface area contributed by atoms with Crippen molar-refractivity contribution in [3.05, 3.63) is 73.8 Å². The molecule has 21 heteroatoms. The van der Waals surface area contributed by atoms with Gasteiger partial charge in [-0.05, 0) is 61.0 Å². The Morgan fingerprint density at radius 3 is 1.18 bits per heavy atom. The molecule has 21 nitrogen and oxygen atoms in total. The fraction of sp³-hybridized carbons (Fsp3) is 0.550. The fourth-order valence-electron chi connectivity index (χ4n) is 7.97. The van der Waals surface area contributed by atoms with Gasteiger partial charge in [0, 0.05) is 141 Å². The van der Waals surface area contributed by atoms with E-state index in [0.717, 1.165) is 101 Å². The molecule has 328 valence electrons. The van der Waals surface area contributed by atoms with Crippen LogP contribution in [0.15, 0.2) is 51.7 Å². The minimum absolute atomic E-state index is 0.123. The van der Waals surface area contributed by atoms with Crippen molar-refractivity contribution in [2.75, 3.05) is 143 Å². The molecule has 3 aromatic carbocycles. The van der Waals surface area contributed by atoms with Crippen LogP contribution < -0.4 is 9.80 Å². The standard InChI is InChI=1S/C40H56N14O7/c1-45-12-20-49(21-13-46(2)17-25-51(24-16-45)32-8-10-34(53(56)57)38-36(32)41-60-43-38)28-30-6-5-7-31(40(30)55)29-50-22-14-47(3)18-26-52(27-19-48(4)15-23-50)33-9-11-35(54(58)59)39-37(33)42-61-44-39/h5-11,55H,12-29H2,1-4H3. The number of para-hydroxylation sites is 1. The molecule has 0 amide bonds. The van der Waals surface area contributed by atoms with Crippen molar-refractivity contribution in [3.8, 4) is 5.75 Å². The number of phenols is 1. The monoisotopic (exact) mass is 844 g/mol. The summed E-state index contributed by atoms with van der Waals surface area (Å²) in [6.07, 6.45) is 0. The van der Waals surface area contributed by atoms with Crippen molar-refractivity contribution >= 4 is 44.8 Å². The number of non-ortho nitro benzene ring substituents is 2. The number of aromatic nitrogens is 4. The van der Waals surface area contributed by atoms with E-state index in [4.69, 9.17) is 9.26 Å². The quantitative estimate of drug-likeness (QED) is 0.176. The third-order valence-corrected chi connectivity index (χ3v) is 12.0. The lowest BCUT2D eigenvalue weighted by atomic mass is 10.1. The molecule has 4 heterocycles. The van der Waals surface area contributed by atoms with Gasteiger partial charge in [-0.25, -0.2) is 9.26 Å². The van der Waals surface area contributed by atoms with Crippen molar-refractivity contribution in [1.82, 2.24) is 50.0 Å². The highest BCUT2D eigenvalue weighted by Gasteiger charge is 2.26. The first-order valence-electron chi connectivity index (χ1n) is 20.7. The number of benzene rings is 3. The summed E-state index contributed by atoms with van der Waals surface area (Å²) in [5.74, 6) is 0.350. The van der Waals surface area contributed by atoms with E-state index in [1.807, 2.05) is 12.1 Å². The molecule has 5 aromatic rings.